The van der Waals surface area contributed by atoms with Crippen LogP contribution in [0.1, 0.15) is 41.5 Å². The van der Waals surface area contributed by atoms with Crippen molar-refractivity contribution in [2.45, 2.75) is 59.2 Å². The van der Waals surface area contributed by atoms with Crippen molar-refractivity contribution in [3.63, 3.8) is 0 Å². The third-order valence-corrected chi connectivity index (χ3v) is 3.49. The number of amides is 4. The molecule has 0 atom stereocenters. The first-order valence-corrected chi connectivity index (χ1v) is 7.58. The summed E-state index contributed by atoms with van der Waals surface area (Å²) in [7, 11) is 0. The maximum absolute atomic E-state index is 12.1. The third kappa shape index (κ3) is 4.43. The zero-order valence-electron chi connectivity index (χ0n) is 14.5. The van der Waals surface area contributed by atoms with Crippen LogP contribution in [0.2, 0.25) is 0 Å². The van der Waals surface area contributed by atoms with Crippen LogP contribution in [0.15, 0.2) is 0 Å². The first kappa shape index (κ1) is 18.9. The number of imide groups is 1. The van der Waals surface area contributed by atoms with Crippen LogP contribution in [0.25, 0.3) is 0 Å². The molecule has 0 saturated carbocycles. The predicted octanol–water partition coefficient (Wildman–Crippen LogP) is 0.505. The average molecular weight is 327 g/mol. The Morgan fingerprint density at radius 2 is 1.70 bits per heavy atom. The summed E-state index contributed by atoms with van der Waals surface area (Å²) in [5, 5.41) is 2.47. The van der Waals surface area contributed by atoms with E-state index in [1.54, 1.807) is 18.7 Å². The fraction of sp³-hybridized carbons (Fsp3) is 0.733. The lowest BCUT2D eigenvalue weighted by atomic mass is 10.1. The summed E-state index contributed by atoms with van der Waals surface area (Å²) in [6.07, 6.45) is 0. The maximum atomic E-state index is 12.1. The molecule has 0 radical (unpaired) electrons. The highest BCUT2D eigenvalue weighted by Crippen LogP contribution is 2.16. The van der Waals surface area contributed by atoms with Crippen LogP contribution in [0.3, 0.4) is 0 Å². The Morgan fingerprint density at radius 3 is 2.09 bits per heavy atom. The van der Waals surface area contributed by atoms with Gasteiger partial charge in [-0.25, -0.2) is 4.79 Å². The summed E-state index contributed by atoms with van der Waals surface area (Å²) < 4.78 is 4.91. The molecule has 1 fully saturated rings. The topological polar surface area (TPSA) is 96.0 Å². The number of nitrogens with one attached hydrogen (secondary N) is 1. The van der Waals surface area contributed by atoms with Gasteiger partial charge in [-0.15, -0.1) is 0 Å². The number of hydrogen-bond acceptors (Lipinski definition) is 5. The van der Waals surface area contributed by atoms with Gasteiger partial charge in [-0.2, -0.15) is 0 Å². The Bertz CT molecular complexity index is 505. The van der Waals surface area contributed by atoms with Gasteiger partial charge in [0.15, 0.2) is 6.61 Å². The quantitative estimate of drug-likeness (QED) is 0.566. The van der Waals surface area contributed by atoms with Crippen molar-refractivity contribution in [1.82, 2.24) is 15.1 Å². The van der Waals surface area contributed by atoms with Gasteiger partial charge >= 0.3 is 12.0 Å². The second-order valence-electron chi connectivity index (χ2n) is 6.60. The second-order valence-corrected chi connectivity index (χ2v) is 6.60. The molecule has 0 unspecified atom stereocenters. The van der Waals surface area contributed by atoms with E-state index in [0.29, 0.717) is 0 Å². The van der Waals surface area contributed by atoms with Crippen LogP contribution >= 0.6 is 0 Å². The van der Waals surface area contributed by atoms with E-state index < -0.39 is 36.6 Å². The van der Waals surface area contributed by atoms with E-state index in [2.05, 4.69) is 5.32 Å². The molecule has 1 N–H and O–H groups in total. The maximum Gasteiger partial charge on any atom is 0.326 e. The van der Waals surface area contributed by atoms with Gasteiger partial charge in [-0.1, -0.05) is 0 Å². The predicted molar refractivity (Wildman–Crippen MR) is 82.4 cm³/mol. The van der Waals surface area contributed by atoms with Gasteiger partial charge in [0.25, 0.3) is 11.8 Å². The lowest BCUT2D eigenvalue weighted by Crippen LogP contribution is -2.45. The molecule has 23 heavy (non-hydrogen) atoms. The van der Waals surface area contributed by atoms with Gasteiger partial charge in [-0.3, -0.25) is 19.3 Å². The van der Waals surface area contributed by atoms with Crippen LogP contribution in [-0.2, 0) is 19.1 Å². The van der Waals surface area contributed by atoms with Gasteiger partial charge in [-0.05, 0) is 41.5 Å². The third-order valence-electron chi connectivity index (χ3n) is 3.49. The molecule has 8 heteroatoms. The van der Waals surface area contributed by atoms with Crippen LogP contribution in [0.5, 0.6) is 0 Å². The number of ether oxygens (including phenoxy) is 1. The number of esters is 1. The van der Waals surface area contributed by atoms with E-state index in [4.69, 9.17) is 4.74 Å². The summed E-state index contributed by atoms with van der Waals surface area (Å²) in [6, 6.07) is -0.685. The van der Waals surface area contributed by atoms with Crippen LogP contribution in [-0.4, -0.2) is 64.4 Å². The number of urea groups is 1. The number of rotatable bonds is 6. The molecular weight excluding hydrogens is 302 g/mol. The SMILES string of the molecule is CC(C)N(C(=O)COC(=O)CN1C(=O)NC(C)(C)C1=O)C(C)C. The number of carbonyl (C=O) groups is 4. The van der Waals surface area contributed by atoms with E-state index in [0.717, 1.165) is 4.90 Å². The molecule has 1 rings (SSSR count). The Kier molecular flexibility index (Phi) is 5.74. The van der Waals surface area contributed by atoms with Crippen molar-refractivity contribution in [2.24, 2.45) is 0 Å². The second kappa shape index (κ2) is 6.97. The number of carbonyl (C=O) groups excluding carboxylic acids is 4. The van der Waals surface area contributed by atoms with Gasteiger partial charge < -0.3 is 15.0 Å². The molecular formula is C15H25N3O5. The summed E-state index contributed by atoms with van der Waals surface area (Å²) in [4.78, 5) is 49.9. The molecule has 0 aliphatic carbocycles. The zero-order valence-corrected chi connectivity index (χ0v) is 14.5. The molecule has 1 saturated heterocycles. The lowest BCUT2D eigenvalue weighted by Gasteiger charge is -2.30. The standard InChI is InChI=1S/C15H25N3O5/c1-9(2)18(10(3)4)11(19)8-23-12(20)7-17-13(21)15(5,6)16-14(17)22/h9-10H,7-8H2,1-6H3,(H,16,22). The zero-order chi connectivity index (χ0) is 17.9. The summed E-state index contributed by atoms with van der Waals surface area (Å²) in [5.41, 5.74) is -1.04. The minimum atomic E-state index is -1.04. The van der Waals surface area contributed by atoms with Crippen molar-refractivity contribution >= 4 is 23.8 Å². The molecule has 130 valence electrons. The minimum absolute atomic E-state index is 0.0204. The largest absolute Gasteiger partial charge is 0.454 e. The Morgan fingerprint density at radius 1 is 1.17 bits per heavy atom. The molecule has 8 nitrogen and oxygen atoms in total. The normalized spacial score (nSPS) is 16.8. The highest BCUT2D eigenvalue weighted by molar-refractivity contribution is 6.08. The molecule has 0 aromatic rings. The number of nitrogens with zero attached hydrogens (tertiary/aromatic N) is 2. The van der Waals surface area contributed by atoms with E-state index in [-0.39, 0.29) is 18.0 Å². The Labute approximate surface area is 136 Å². The molecule has 1 aliphatic rings. The van der Waals surface area contributed by atoms with Gasteiger partial charge in [0, 0.05) is 12.1 Å². The molecule has 4 amide bonds. The van der Waals surface area contributed by atoms with E-state index in [1.807, 2.05) is 27.7 Å². The highest BCUT2D eigenvalue weighted by atomic mass is 16.5. The fourth-order valence-corrected chi connectivity index (χ4v) is 2.53. The Hall–Kier alpha value is -2.12. The molecule has 1 aliphatic heterocycles. The van der Waals surface area contributed by atoms with Gasteiger partial charge in [0.1, 0.15) is 12.1 Å². The monoisotopic (exact) mass is 327 g/mol. The molecule has 1 heterocycles. The van der Waals surface area contributed by atoms with Crippen molar-refractivity contribution in [1.29, 1.82) is 0 Å². The fourth-order valence-electron chi connectivity index (χ4n) is 2.53. The first-order valence-electron chi connectivity index (χ1n) is 7.58. The van der Waals surface area contributed by atoms with Crippen LogP contribution in [0.4, 0.5) is 4.79 Å². The minimum Gasteiger partial charge on any atom is -0.454 e. The van der Waals surface area contributed by atoms with Crippen LogP contribution < -0.4 is 5.32 Å². The van der Waals surface area contributed by atoms with E-state index in [1.165, 1.54) is 0 Å². The van der Waals surface area contributed by atoms with Gasteiger partial charge in [0.05, 0.1) is 0 Å². The summed E-state index contributed by atoms with van der Waals surface area (Å²) in [5.74, 6) is -1.62. The smallest absolute Gasteiger partial charge is 0.326 e. The van der Waals surface area contributed by atoms with Gasteiger partial charge in [0.2, 0.25) is 0 Å². The first-order chi connectivity index (χ1) is 10.5. The van der Waals surface area contributed by atoms with Crippen molar-refractivity contribution in [2.75, 3.05) is 13.2 Å². The van der Waals surface area contributed by atoms with E-state index >= 15 is 0 Å². The van der Waals surface area contributed by atoms with Crippen LogP contribution in [0, 0.1) is 0 Å². The molecule has 0 aromatic heterocycles. The Balaban J connectivity index is 2.57. The van der Waals surface area contributed by atoms with Crippen molar-refractivity contribution < 1.29 is 23.9 Å². The van der Waals surface area contributed by atoms with E-state index in [9.17, 15) is 19.2 Å². The van der Waals surface area contributed by atoms with Crippen molar-refractivity contribution in [3.05, 3.63) is 0 Å². The molecule has 0 bridgehead atoms. The average Bonchev–Trinajstić information content (AvgIpc) is 2.57. The molecule has 0 aromatic carbocycles. The van der Waals surface area contributed by atoms with Crippen molar-refractivity contribution in [3.8, 4) is 0 Å². The molecule has 0 spiro atoms. The highest BCUT2D eigenvalue weighted by Gasteiger charge is 2.45. The lowest BCUT2D eigenvalue weighted by molar-refractivity contribution is -0.155. The summed E-state index contributed by atoms with van der Waals surface area (Å²) in [6.45, 7) is 9.65. The summed E-state index contributed by atoms with van der Waals surface area (Å²) >= 11 is 0. The number of hydrogen-bond donors (Lipinski definition) is 1.